The Balaban J connectivity index is 1.43. The van der Waals surface area contributed by atoms with Crippen molar-refractivity contribution in [1.29, 1.82) is 0 Å². The Bertz CT molecular complexity index is 1050. The number of aromatic nitrogens is 1. The molecule has 1 aliphatic rings. The third-order valence-corrected chi connectivity index (χ3v) is 5.97. The standard InChI is InChI=1S/C25H26N2O3S/c1-18-26-21(17-31-18)16-30-24-6-4-3-5-20(24)9-14-25(28)27(22-10-11-22)15-19-7-12-23(29-2)13-8-19/h3-9,12-14,17,22H,10-11,15-16H2,1-2H3/b14-9+. The summed E-state index contributed by atoms with van der Waals surface area (Å²) in [5.74, 6) is 1.57. The molecule has 1 heterocycles. The van der Waals surface area contributed by atoms with Gasteiger partial charge in [0.15, 0.2) is 0 Å². The number of rotatable bonds is 9. The molecule has 1 aliphatic carbocycles. The highest BCUT2D eigenvalue weighted by atomic mass is 32.1. The molecule has 0 spiro atoms. The van der Waals surface area contributed by atoms with Crippen LogP contribution in [0.5, 0.6) is 11.5 Å². The first kappa shape index (κ1) is 21.1. The number of carbonyl (C=O) groups is 1. The molecular formula is C25H26N2O3S. The van der Waals surface area contributed by atoms with E-state index in [0.29, 0.717) is 19.2 Å². The Kier molecular flexibility index (Phi) is 6.67. The summed E-state index contributed by atoms with van der Waals surface area (Å²) in [5.41, 5.74) is 2.89. The number of methoxy groups -OCH3 is 1. The summed E-state index contributed by atoms with van der Waals surface area (Å²) < 4.78 is 11.2. The SMILES string of the molecule is COc1ccc(CN(C(=O)/C=C/c2ccccc2OCc2csc(C)n2)C2CC2)cc1. The highest BCUT2D eigenvalue weighted by Crippen LogP contribution is 2.29. The smallest absolute Gasteiger partial charge is 0.247 e. The van der Waals surface area contributed by atoms with Crippen molar-refractivity contribution in [1.82, 2.24) is 9.88 Å². The van der Waals surface area contributed by atoms with E-state index in [1.165, 1.54) is 0 Å². The summed E-state index contributed by atoms with van der Waals surface area (Å²) in [6, 6.07) is 15.9. The van der Waals surface area contributed by atoms with Gasteiger partial charge < -0.3 is 14.4 Å². The van der Waals surface area contributed by atoms with Gasteiger partial charge in [-0.15, -0.1) is 11.3 Å². The Hall–Kier alpha value is -3.12. The second kappa shape index (κ2) is 9.79. The van der Waals surface area contributed by atoms with Crippen LogP contribution in [0.3, 0.4) is 0 Å². The van der Waals surface area contributed by atoms with Crippen LogP contribution < -0.4 is 9.47 Å². The predicted octanol–water partition coefficient (Wildman–Crippen LogP) is 5.24. The van der Waals surface area contributed by atoms with E-state index >= 15 is 0 Å². The molecule has 6 heteroatoms. The molecule has 0 bridgehead atoms. The number of carbonyl (C=O) groups excluding carboxylic acids is 1. The number of aryl methyl sites for hydroxylation is 1. The van der Waals surface area contributed by atoms with Crippen LogP contribution in [0.15, 0.2) is 60.0 Å². The molecule has 0 aliphatic heterocycles. The minimum atomic E-state index is 0.0169. The zero-order chi connectivity index (χ0) is 21.6. The number of hydrogen-bond acceptors (Lipinski definition) is 5. The van der Waals surface area contributed by atoms with Gasteiger partial charge >= 0.3 is 0 Å². The van der Waals surface area contributed by atoms with Gasteiger partial charge in [0.2, 0.25) is 5.91 Å². The molecule has 0 saturated heterocycles. The maximum Gasteiger partial charge on any atom is 0.247 e. The lowest BCUT2D eigenvalue weighted by Crippen LogP contribution is -2.31. The maximum absolute atomic E-state index is 13.0. The molecule has 0 unspecified atom stereocenters. The van der Waals surface area contributed by atoms with Crippen molar-refractivity contribution in [2.45, 2.75) is 39.0 Å². The van der Waals surface area contributed by atoms with Crippen molar-refractivity contribution >= 4 is 23.3 Å². The van der Waals surface area contributed by atoms with Crippen molar-refractivity contribution in [3.63, 3.8) is 0 Å². The lowest BCUT2D eigenvalue weighted by Gasteiger charge is -2.21. The summed E-state index contributed by atoms with van der Waals surface area (Å²) in [7, 11) is 1.65. The van der Waals surface area contributed by atoms with E-state index in [0.717, 1.165) is 46.2 Å². The Labute approximate surface area is 187 Å². The summed E-state index contributed by atoms with van der Waals surface area (Å²) in [4.78, 5) is 19.4. The lowest BCUT2D eigenvalue weighted by molar-refractivity contribution is -0.127. The Morgan fingerprint density at radius 2 is 1.97 bits per heavy atom. The molecule has 1 aromatic heterocycles. The zero-order valence-corrected chi connectivity index (χ0v) is 18.6. The average molecular weight is 435 g/mol. The molecule has 1 saturated carbocycles. The summed E-state index contributed by atoms with van der Waals surface area (Å²) >= 11 is 1.61. The molecule has 1 fully saturated rings. The number of amides is 1. The van der Waals surface area contributed by atoms with Crippen molar-refractivity contribution < 1.29 is 14.3 Å². The number of hydrogen-bond donors (Lipinski definition) is 0. The van der Waals surface area contributed by atoms with E-state index in [1.54, 1.807) is 24.5 Å². The van der Waals surface area contributed by atoms with Gasteiger partial charge in [-0.1, -0.05) is 30.3 Å². The van der Waals surface area contributed by atoms with Crippen LogP contribution in [-0.4, -0.2) is 28.9 Å². The molecule has 1 amide bonds. The quantitative estimate of drug-likeness (QED) is 0.432. The third-order valence-electron chi connectivity index (χ3n) is 5.15. The molecule has 0 atom stereocenters. The van der Waals surface area contributed by atoms with E-state index in [4.69, 9.17) is 9.47 Å². The second-order valence-electron chi connectivity index (χ2n) is 7.56. The first-order valence-corrected chi connectivity index (χ1v) is 11.2. The van der Waals surface area contributed by atoms with Gasteiger partial charge in [-0.25, -0.2) is 4.98 Å². The van der Waals surface area contributed by atoms with Crippen LogP contribution >= 0.6 is 11.3 Å². The van der Waals surface area contributed by atoms with Crippen LogP contribution in [0.25, 0.3) is 6.08 Å². The van der Waals surface area contributed by atoms with E-state index in [9.17, 15) is 4.79 Å². The first-order chi connectivity index (χ1) is 15.1. The van der Waals surface area contributed by atoms with Crippen molar-refractivity contribution in [2.24, 2.45) is 0 Å². The molecule has 2 aromatic carbocycles. The van der Waals surface area contributed by atoms with Crippen LogP contribution in [0.1, 0.15) is 34.7 Å². The van der Waals surface area contributed by atoms with Gasteiger partial charge in [0.25, 0.3) is 0 Å². The zero-order valence-electron chi connectivity index (χ0n) is 17.8. The van der Waals surface area contributed by atoms with E-state index < -0.39 is 0 Å². The Morgan fingerprint density at radius 1 is 1.19 bits per heavy atom. The van der Waals surface area contributed by atoms with Gasteiger partial charge in [0.1, 0.15) is 18.1 Å². The molecule has 31 heavy (non-hydrogen) atoms. The highest BCUT2D eigenvalue weighted by molar-refractivity contribution is 7.09. The predicted molar refractivity (Wildman–Crippen MR) is 123 cm³/mol. The summed E-state index contributed by atoms with van der Waals surface area (Å²) in [6.07, 6.45) is 5.61. The van der Waals surface area contributed by atoms with Crippen molar-refractivity contribution in [3.05, 3.63) is 81.8 Å². The van der Waals surface area contributed by atoms with Gasteiger partial charge in [0, 0.05) is 29.6 Å². The summed E-state index contributed by atoms with van der Waals surface area (Å²) in [6.45, 7) is 2.99. The van der Waals surface area contributed by atoms with Crippen LogP contribution in [0, 0.1) is 6.92 Å². The summed E-state index contributed by atoms with van der Waals surface area (Å²) in [5, 5.41) is 3.03. The topological polar surface area (TPSA) is 51.7 Å². The monoisotopic (exact) mass is 434 g/mol. The van der Waals surface area contributed by atoms with Gasteiger partial charge in [-0.2, -0.15) is 0 Å². The normalized spacial score (nSPS) is 13.4. The van der Waals surface area contributed by atoms with Crippen molar-refractivity contribution in [2.75, 3.05) is 7.11 Å². The molecule has 0 radical (unpaired) electrons. The number of para-hydroxylation sites is 1. The molecule has 5 nitrogen and oxygen atoms in total. The highest BCUT2D eigenvalue weighted by Gasteiger charge is 2.31. The third kappa shape index (κ3) is 5.73. The number of thiazole rings is 1. The maximum atomic E-state index is 13.0. The van der Waals surface area contributed by atoms with Crippen LogP contribution in [-0.2, 0) is 17.9 Å². The number of benzene rings is 2. The van der Waals surface area contributed by atoms with Crippen LogP contribution in [0.4, 0.5) is 0 Å². The van der Waals surface area contributed by atoms with Gasteiger partial charge in [-0.05, 0) is 49.6 Å². The largest absolute Gasteiger partial charge is 0.497 e. The van der Waals surface area contributed by atoms with Gasteiger partial charge in [-0.3, -0.25) is 4.79 Å². The minimum absolute atomic E-state index is 0.0169. The molecule has 3 aromatic rings. The fraction of sp³-hybridized carbons (Fsp3) is 0.280. The fourth-order valence-electron chi connectivity index (χ4n) is 3.33. The lowest BCUT2D eigenvalue weighted by atomic mass is 10.1. The van der Waals surface area contributed by atoms with Crippen LogP contribution in [0.2, 0.25) is 0 Å². The van der Waals surface area contributed by atoms with Crippen molar-refractivity contribution in [3.8, 4) is 11.5 Å². The van der Waals surface area contributed by atoms with E-state index in [-0.39, 0.29) is 5.91 Å². The molecule has 160 valence electrons. The minimum Gasteiger partial charge on any atom is -0.497 e. The molecular weight excluding hydrogens is 408 g/mol. The first-order valence-electron chi connectivity index (χ1n) is 10.4. The number of nitrogens with zero attached hydrogens (tertiary/aromatic N) is 2. The molecule has 0 N–H and O–H groups in total. The van der Waals surface area contributed by atoms with E-state index in [2.05, 4.69) is 4.98 Å². The van der Waals surface area contributed by atoms with E-state index in [1.807, 2.05) is 71.8 Å². The fourth-order valence-corrected chi connectivity index (χ4v) is 3.93. The molecule has 4 rings (SSSR count). The average Bonchev–Trinajstić information content (AvgIpc) is 3.55. The van der Waals surface area contributed by atoms with Gasteiger partial charge in [0.05, 0.1) is 17.8 Å². The Morgan fingerprint density at radius 3 is 2.65 bits per heavy atom. The number of ether oxygens (including phenoxy) is 2. The second-order valence-corrected chi connectivity index (χ2v) is 8.63.